The summed E-state index contributed by atoms with van der Waals surface area (Å²) < 4.78 is 44.5. The minimum absolute atomic E-state index is 0.553. The maximum Gasteiger partial charge on any atom is 0.416 e. The molecule has 0 atom stereocenters. The highest BCUT2D eigenvalue weighted by Gasteiger charge is 2.30. The van der Waals surface area contributed by atoms with Crippen molar-refractivity contribution in [2.75, 3.05) is 13.6 Å². The number of ether oxygens (including phenoxy) is 1. The number of hydrogen-bond acceptors (Lipinski definition) is 3. The minimum atomic E-state index is -4.31. The van der Waals surface area contributed by atoms with Gasteiger partial charge in [-0.1, -0.05) is 30.3 Å². The minimum Gasteiger partial charge on any atom is -0.457 e. The number of rotatable bonds is 7. The van der Waals surface area contributed by atoms with Gasteiger partial charge in [0.25, 0.3) is 0 Å². The lowest BCUT2D eigenvalue weighted by molar-refractivity contribution is -0.137. The standard InChI is InChI=1S/C24H22F3N3O/c1-30(12-11-17-3-2-4-19(13-17)24(25,26)27)15-18-5-7-20(8-6-18)31-21-9-10-22-23(14-21)29-16-28-22/h2-10,13-14,16H,11-12,15H2,1H3,(H,28,29). The molecule has 31 heavy (non-hydrogen) atoms. The topological polar surface area (TPSA) is 41.1 Å². The average molecular weight is 425 g/mol. The number of aromatic amines is 1. The quantitative estimate of drug-likeness (QED) is 0.392. The highest BCUT2D eigenvalue weighted by molar-refractivity contribution is 5.76. The van der Waals surface area contributed by atoms with E-state index >= 15 is 0 Å². The maximum atomic E-state index is 12.9. The molecular formula is C24H22F3N3O. The summed E-state index contributed by atoms with van der Waals surface area (Å²) >= 11 is 0. The van der Waals surface area contributed by atoms with Crippen LogP contribution in [0.25, 0.3) is 11.0 Å². The second-order valence-corrected chi connectivity index (χ2v) is 7.51. The van der Waals surface area contributed by atoms with Gasteiger partial charge in [-0.15, -0.1) is 0 Å². The van der Waals surface area contributed by atoms with E-state index in [9.17, 15) is 13.2 Å². The van der Waals surface area contributed by atoms with Crippen LogP contribution in [-0.4, -0.2) is 28.5 Å². The van der Waals surface area contributed by atoms with Crippen molar-refractivity contribution in [3.8, 4) is 11.5 Å². The molecule has 4 aromatic rings. The molecule has 3 aromatic carbocycles. The second kappa shape index (κ2) is 8.81. The fourth-order valence-electron chi connectivity index (χ4n) is 3.39. The van der Waals surface area contributed by atoms with E-state index in [0.29, 0.717) is 25.1 Å². The smallest absolute Gasteiger partial charge is 0.416 e. The van der Waals surface area contributed by atoms with Gasteiger partial charge in [-0.25, -0.2) is 4.98 Å². The number of halogens is 3. The summed E-state index contributed by atoms with van der Waals surface area (Å²) in [5.74, 6) is 1.46. The van der Waals surface area contributed by atoms with Crippen LogP contribution in [0.2, 0.25) is 0 Å². The third-order valence-corrected chi connectivity index (χ3v) is 5.04. The number of benzene rings is 3. The van der Waals surface area contributed by atoms with Crippen molar-refractivity contribution in [3.05, 3.63) is 89.7 Å². The molecule has 0 aliphatic carbocycles. The van der Waals surface area contributed by atoms with Crippen molar-refractivity contribution in [3.63, 3.8) is 0 Å². The van der Waals surface area contributed by atoms with E-state index < -0.39 is 11.7 Å². The van der Waals surface area contributed by atoms with Crippen LogP contribution >= 0.6 is 0 Å². The van der Waals surface area contributed by atoms with Crippen LogP contribution in [0.15, 0.2) is 73.1 Å². The summed E-state index contributed by atoms with van der Waals surface area (Å²) in [7, 11) is 1.96. The lowest BCUT2D eigenvalue weighted by Crippen LogP contribution is -2.20. The lowest BCUT2D eigenvalue weighted by atomic mass is 10.1. The van der Waals surface area contributed by atoms with Crippen molar-refractivity contribution in [1.29, 1.82) is 0 Å². The molecule has 160 valence electrons. The average Bonchev–Trinajstić information content (AvgIpc) is 3.21. The molecule has 0 unspecified atom stereocenters. The Labute approximate surface area is 178 Å². The van der Waals surface area contributed by atoms with Crippen LogP contribution in [0, 0.1) is 0 Å². The van der Waals surface area contributed by atoms with Crippen molar-refractivity contribution >= 4 is 11.0 Å². The van der Waals surface area contributed by atoms with Gasteiger partial charge in [0.2, 0.25) is 0 Å². The Hall–Kier alpha value is -3.32. The van der Waals surface area contributed by atoms with Gasteiger partial charge in [-0.3, -0.25) is 0 Å². The Bertz CT molecular complexity index is 1150. The summed E-state index contributed by atoms with van der Waals surface area (Å²) in [6.45, 7) is 1.35. The fourth-order valence-corrected chi connectivity index (χ4v) is 3.39. The molecule has 0 saturated heterocycles. The number of H-pyrrole nitrogens is 1. The number of likely N-dealkylation sites (N-methyl/N-ethyl adjacent to an activating group) is 1. The summed E-state index contributed by atoms with van der Waals surface area (Å²) in [5, 5.41) is 0. The molecule has 1 heterocycles. The molecule has 0 aliphatic rings. The van der Waals surface area contributed by atoms with Crippen LogP contribution in [0.3, 0.4) is 0 Å². The van der Waals surface area contributed by atoms with Gasteiger partial charge in [-0.05, 0) is 54.9 Å². The van der Waals surface area contributed by atoms with E-state index in [1.54, 1.807) is 12.4 Å². The molecule has 0 spiro atoms. The molecule has 0 radical (unpaired) electrons. The van der Waals surface area contributed by atoms with E-state index in [4.69, 9.17) is 4.74 Å². The summed E-state index contributed by atoms with van der Waals surface area (Å²) in [6, 6.07) is 19.0. The molecule has 1 aromatic heterocycles. The largest absolute Gasteiger partial charge is 0.457 e. The van der Waals surface area contributed by atoms with Crippen LogP contribution in [0.4, 0.5) is 13.2 Å². The van der Waals surface area contributed by atoms with E-state index in [-0.39, 0.29) is 0 Å². The van der Waals surface area contributed by atoms with Gasteiger partial charge in [0.1, 0.15) is 11.5 Å². The van der Waals surface area contributed by atoms with Gasteiger partial charge >= 0.3 is 6.18 Å². The first kappa shape index (κ1) is 20.9. The summed E-state index contributed by atoms with van der Waals surface area (Å²) in [5.41, 5.74) is 2.98. The Morgan fingerprint density at radius 2 is 1.71 bits per heavy atom. The molecule has 0 saturated carbocycles. The molecule has 0 bridgehead atoms. The third kappa shape index (κ3) is 5.44. The Morgan fingerprint density at radius 3 is 2.48 bits per heavy atom. The van der Waals surface area contributed by atoms with Crippen molar-refractivity contribution in [1.82, 2.24) is 14.9 Å². The molecule has 0 fully saturated rings. The predicted molar refractivity (Wildman–Crippen MR) is 114 cm³/mol. The number of imidazole rings is 1. The zero-order valence-electron chi connectivity index (χ0n) is 17.0. The molecule has 0 amide bonds. The summed E-state index contributed by atoms with van der Waals surface area (Å²) in [6.07, 6.45) is -2.11. The zero-order valence-corrected chi connectivity index (χ0v) is 17.0. The number of alkyl halides is 3. The van der Waals surface area contributed by atoms with Crippen molar-refractivity contribution < 1.29 is 17.9 Å². The highest BCUT2D eigenvalue weighted by Crippen LogP contribution is 2.29. The number of fused-ring (bicyclic) bond motifs is 1. The Balaban J connectivity index is 1.31. The van der Waals surface area contributed by atoms with E-state index in [0.717, 1.165) is 34.2 Å². The van der Waals surface area contributed by atoms with Crippen LogP contribution in [0.1, 0.15) is 16.7 Å². The maximum absolute atomic E-state index is 12.9. The number of nitrogens with one attached hydrogen (secondary N) is 1. The first-order chi connectivity index (χ1) is 14.9. The molecular weight excluding hydrogens is 403 g/mol. The SMILES string of the molecule is CN(CCc1cccc(C(F)(F)F)c1)Cc1ccc(Oc2ccc3nc[nH]c3c2)cc1. The number of hydrogen-bond donors (Lipinski definition) is 1. The molecule has 4 nitrogen and oxygen atoms in total. The van der Waals surface area contributed by atoms with Gasteiger partial charge in [0.05, 0.1) is 22.9 Å². The van der Waals surface area contributed by atoms with E-state index in [2.05, 4.69) is 14.9 Å². The summed E-state index contributed by atoms with van der Waals surface area (Å²) in [4.78, 5) is 9.33. The normalized spacial score (nSPS) is 11.9. The molecule has 4 rings (SSSR count). The lowest BCUT2D eigenvalue weighted by Gasteiger charge is -2.17. The zero-order chi connectivity index (χ0) is 21.8. The highest BCUT2D eigenvalue weighted by atomic mass is 19.4. The van der Waals surface area contributed by atoms with Crippen molar-refractivity contribution in [2.45, 2.75) is 19.1 Å². The van der Waals surface area contributed by atoms with Gasteiger partial charge < -0.3 is 14.6 Å². The van der Waals surface area contributed by atoms with Crippen LogP contribution in [-0.2, 0) is 19.1 Å². The molecule has 1 N–H and O–H groups in total. The van der Waals surface area contributed by atoms with Crippen molar-refractivity contribution in [2.24, 2.45) is 0 Å². The van der Waals surface area contributed by atoms with Gasteiger partial charge in [0, 0.05) is 19.2 Å². The number of aromatic nitrogens is 2. The van der Waals surface area contributed by atoms with E-state index in [1.807, 2.05) is 49.5 Å². The van der Waals surface area contributed by atoms with Gasteiger partial charge in [-0.2, -0.15) is 13.2 Å². The Kier molecular flexibility index (Phi) is 5.95. The first-order valence-electron chi connectivity index (χ1n) is 9.91. The third-order valence-electron chi connectivity index (χ3n) is 5.04. The second-order valence-electron chi connectivity index (χ2n) is 7.51. The van der Waals surface area contributed by atoms with Gasteiger partial charge in [0.15, 0.2) is 0 Å². The fraction of sp³-hybridized carbons (Fsp3) is 0.208. The van der Waals surface area contributed by atoms with Crippen LogP contribution in [0.5, 0.6) is 11.5 Å². The number of nitrogens with zero attached hydrogens (tertiary/aromatic N) is 2. The van der Waals surface area contributed by atoms with E-state index in [1.165, 1.54) is 12.1 Å². The predicted octanol–water partition coefficient (Wildman–Crippen LogP) is 6.05. The molecule has 7 heteroatoms. The Morgan fingerprint density at radius 1 is 0.935 bits per heavy atom. The van der Waals surface area contributed by atoms with Crippen LogP contribution < -0.4 is 4.74 Å². The molecule has 0 aliphatic heterocycles. The first-order valence-corrected chi connectivity index (χ1v) is 9.91. The monoisotopic (exact) mass is 425 g/mol.